The normalized spacial score (nSPS) is 19.9. The Kier molecular flexibility index (Phi) is 6.21. The molecule has 1 amide bonds. The Balaban J connectivity index is 1.67. The van der Waals surface area contributed by atoms with Gasteiger partial charge in [-0.3, -0.25) is 14.9 Å². The smallest absolute Gasteiger partial charge is 0.269 e. The summed E-state index contributed by atoms with van der Waals surface area (Å²) in [7, 11) is 1.67. The lowest BCUT2D eigenvalue weighted by molar-refractivity contribution is -0.384. The van der Waals surface area contributed by atoms with E-state index in [2.05, 4.69) is 29.0 Å². The summed E-state index contributed by atoms with van der Waals surface area (Å²) < 4.78 is 5.57. The number of benzene rings is 2. The van der Waals surface area contributed by atoms with E-state index in [1.165, 1.54) is 0 Å². The summed E-state index contributed by atoms with van der Waals surface area (Å²) in [6.45, 7) is 6.91. The van der Waals surface area contributed by atoms with E-state index in [1.807, 2.05) is 30.3 Å². The first-order valence-electron chi connectivity index (χ1n) is 11.1. The van der Waals surface area contributed by atoms with E-state index in [-0.39, 0.29) is 28.5 Å². The highest BCUT2D eigenvalue weighted by Gasteiger charge is 2.42. The van der Waals surface area contributed by atoms with Crippen LogP contribution in [0.4, 0.5) is 17.1 Å². The lowest BCUT2D eigenvalue weighted by atomic mass is 9.83. The van der Waals surface area contributed by atoms with Crippen LogP contribution in [0.25, 0.3) is 0 Å². The van der Waals surface area contributed by atoms with Crippen LogP contribution >= 0.6 is 0 Å². The summed E-state index contributed by atoms with van der Waals surface area (Å²) in [6.07, 6.45) is 0.488. The second kappa shape index (κ2) is 9.06. The zero-order valence-electron chi connectivity index (χ0n) is 18.8. The number of anilines is 2. The van der Waals surface area contributed by atoms with Gasteiger partial charge in [0.2, 0.25) is 5.91 Å². The van der Waals surface area contributed by atoms with E-state index in [0.717, 1.165) is 35.8 Å². The largest absolute Gasteiger partial charge is 0.495 e. The summed E-state index contributed by atoms with van der Waals surface area (Å²) in [5, 5.41) is 14.4. The number of rotatable bonds is 6. The molecular formula is C24H30N4O4. The molecule has 0 bridgehead atoms. The van der Waals surface area contributed by atoms with Gasteiger partial charge in [-0.2, -0.15) is 0 Å². The number of para-hydroxylation sites is 2. The van der Waals surface area contributed by atoms with Gasteiger partial charge in [0.1, 0.15) is 5.75 Å². The Morgan fingerprint density at radius 1 is 1.22 bits per heavy atom. The minimum Gasteiger partial charge on any atom is -0.495 e. The van der Waals surface area contributed by atoms with Gasteiger partial charge in [0.05, 0.1) is 29.7 Å². The number of ether oxygens (including phenoxy) is 1. The van der Waals surface area contributed by atoms with E-state index < -0.39 is 0 Å². The molecule has 2 aromatic carbocycles. The Morgan fingerprint density at radius 2 is 2.00 bits per heavy atom. The number of piperazine rings is 1. The molecule has 0 aromatic heterocycles. The molecule has 8 heteroatoms. The lowest BCUT2D eigenvalue weighted by Crippen LogP contribution is -2.61. The SMILES string of the molecule is COc1ccccc1N1CCN2c3ccc([N+](=O)[O-])cc3C[C@@H](C(=O)NCC(C)C)[C@H]2C1. The third-order valence-corrected chi connectivity index (χ3v) is 6.35. The summed E-state index contributed by atoms with van der Waals surface area (Å²) >= 11 is 0. The lowest BCUT2D eigenvalue weighted by Gasteiger charge is -2.49. The fourth-order valence-electron chi connectivity index (χ4n) is 4.77. The fraction of sp³-hybridized carbons (Fsp3) is 0.458. The third kappa shape index (κ3) is 4.22. The maximum atomic E-state index is 13.2. The number of fused-ring (bicyclic) bond motifs is 3. The Hall–Kier alpha value is -3.29. The molecule has 2 atom stereocenters. The molecule has 0 aliphatic carbocycles. The van der Waals surface area contributed by atoms with E-state index >= 15 is 0 Å². The molecule has 1 fully saturated rings. The fourth-order valence-corrected chi connectivity index (χ4v) is 4.77. The molecule has 8 nitrogen and oxygen atoms in total. The number of non-ortho nitro benzene ring substituents is 1. The van der Waals surface area contributed by atoms with Crippen LogP contribution < -0.4 is 19.9 Å². The molecule has 2 aliphatic heterocycles. The van der Waals surface area contributed by atoms with Gasteiger partial charge in [0, 0.05) is 44.0 Å². The molecule has 0 radical (unpaired) electrons. The van der Waals surface area contributed by atoms with E-state index in [9.17, 15) is 14.9 Å². The average molecular weight is 439 g/mol. The van der Waals surface area contributed by atoms with E-state index in [0.29, 0.717) is 25.4 Å². The molecule has 2 heterocycles. The van der Waals surface area contributed by atoms with Crippen LogP contribution in [0.15, 0.2) is 42.5 Å². The minimum atomic E-state index is -0.375. The molecule has 2 aliphatic rings. The standard InChI is InChI=1S/C24H30N4O4/c1-16(2)14-25-24(29)19-13-17-12-18(28(30)31)8-9-20(17)27-11-10-26(15-22(19)27)21-6-4-5-7-23(21)32-3/h4-9,12,16,19,22H,10-11,13-15H2,1-3H3,(H,25,29)/t19-,22-/m1/s1. The van der Waals surface area contributed by atoms with Crippen molar-refractivity contribution in [3.8, 4) is 5.75 Å². The number of methoxy groups -OCH3 is 1. The number of carbonyl (C=O) groups excluding carboxylic acids is 1. The average Bonchev–Trinajstić information content (AvgIpc) is 2.81. The monoisotopic (exact) mass is 438 g/mol. The molecule has 170 valence electrons. The van der Waals surface area contributed by atoms with Gasteiger partial charge in [0.15, 0.2) is 0 Å². The number of hydrogen-bond acceptors (Lipinski definition) is 6. The van der Waals surface area contributed by atoms with Crippen LogP contribution in [0, 0.1) is 22.0 Å². The van der Waals surface area contributed by atoms with Crippen LogP contribution in [-0.2, 0) is 11.2 Å². The predicted molar refractivity (Wildman–Crippen MR) is 124 cm³/mol. The van der Waals surface area contributed by atoms with Gasteiger partial charge < -0.3 is 19.9 Å². The second-order valence-corrected chi connectivity index (χ2v) is 8.90. The second-order valence-electron chi connectivity index (χ2n) is 8.90. The van der Waals surface area contributed by atoms with Gasteiger partial charge in [-0.15, -0.1) is 0 Å². The van der Waals surface area contributed by atoms with Crippen LogP contribution in [0.3, 0.4) is 0 Å². The molecule has 32 heavy (non-hydrogen) atoms. The predicted octanol–water partition coefficient (Wildman–Crippen LogP) is 3.24. The number of hydrogen-bond donors (Lipinski definition) is 1. The Morgan fingerprint density at radius 3 is 2.72 bits per heavy atom. The Bertz CT molecular complexity index is 1010. The third-order valence-electron chi connectivity index (χ3n) is 6.35. The quantitative estimate of drug-likeness (QED) is 0.550. The zero-order valence-corrected chi connectivity index (χ0v) is 18.8. The maximum absolute atomic E-state index is 13.2. The van der Waals surface area contributed by atoms with Gasteiger partial charge in [-0.25, -0.2) is 0 Å². The highest BCUT2D eigenvalue weighted by molar-refractivity contribution is 5.82. The van der Waals surface area contributed by atoms with Crippen LogP contribution in [-0.4, -0.2) is 50.2 Å². The molecule has 0 saturated carbocycles. The van der Waals surface area contributed by atoms with Crippen LogP contribution in [0.1, 0.15) is 19.4 Å². The van der Waals surface area contributed by atoms with Crippen molar-refractivity contribution in [3.05, 3.63) is 58.1 Å². The van der Waals surface area contributed by atoms with Crippen LogP contribution in [0.2, 0.25) is 0 Å². The van der Waals surface area contributed by atoms with Gasteiger partial charge >= 0.3 is 0 Å². The molecule has 1 N–H and O–H groups in total. The highest BCUT2D eigenvalue weighted by atomic mass is 16.6. The van der Waals surface area contributed by atoms with Crippen molar-refractivity contribution in [2.75, 3.05) is 43.1 Å². The van der Waals surface area contributed by atoms with Crippen molar-refractivity contribution < 1.29 is 14.5 Å². The van der Waals surface area contributed by atoms with Crippen molar-refractivity contribution in [3.63, 3.8) is 0 Å². The van der Waals surface area contributed by atoms with Crippen molar-refractivity contribution in [2.24, 2.45) is 11.8 Å². The molecule has 2 aromatic rings. The van der Waals surface area contributed by atoms with Crippen molar-refractivity contribution in [1.29, 1.82) is 0 Å². The van der Waals surface area contributed by atoms with Gasteiger partial charge in [-0.1, -0.05) is 26.0 Å². The summed E-state index contributed by atoms with van der Waals surface area (Å²) in [4.78, 5) is 28.7. The number of nitrogens with one attached hydrogen (secondary N) is 1. The first-order valence-corrected chi connectivity index (χ1v) is 11.1. The van der Waals surface area contributed by atoms with E-state index in [1.54, 1.807) is 19.2 Å². The molecule has 1 saturated heterocycles. The summed E-state index contributed by atoms with van der Waals surface area (Å²) in [5.41, 5.74) is 2.95. The maximum Gasteiger partial charge on any atom is 0.269 e. The topological polar surface area (TPSA) is 87.9 Å². The molecule has 0 unspecified atom stereocenters. The summed E-state index contributed by atoms with van der Waals surface area (Å²) in [5.74, 6) is 0.880. The first kappa shape index (κ1) is 21.9. The molecular weight excluding hydrogens is 408 g/mol. The molecule has 4 rings (SSSR count). The zero-order chi connectivity index (χ0) is 22.8. The van der Waals surface area contributed by atoms with Gasteiger partial charge in [-0.05, 0) is 36.1 Å². The number of nitro groups is 1. The van der Waals surface area contributed by atoms with Crippen molar-refractivity contribution in [1.82, 2.24) is 5.32 Å². The Labute approximate surface area is 188 Å². The first-order chi connectivity index (χ1) is 15.4. The van der Waals surface area contributed by atoms with Crippen LogP contribution in [0.5, 0.6) is 5.75 Å². The minimum absolute atomic E-state index is 0.00716. The van der Waals surface area contributed by atoms with E-state index in [4.69, 9.17) is 4.74 Å². The van der Waals surface area contributed by atoms with Gasteiger partial charge in [0.25, 0.3) is 5.69 Å². The summed E-state index contributed by atoms with van der Waals surface area (Å²) in [6, 6.07) is 12.9. The number of amides is 1. The number of nitrogens with zero attached hydrogens (tertiary/aromatic N) is 3. The van der Waals surface area contributed by atoms with Crippen molar-refractivity contribution in [2.45, 2.75) is 26.3 Å². The van der Waals surface area contributed by atoms with Crippen molar-refractivity contribution >= 4 is 23.0 Å². The number of carbonyl (C=O) groups is 1. The molecule has 0 spiro atoms. The highest BCUT2D eigenvalue weighted by Crippen LogP contribution is 2.39. The number of nitro benzene ring substituents is 1.